The number of rotatable bonds is 12. The van der Waals surface area contributed by atoms with Gasteiger partial charge in [-0.2, -0.15) is 4.72 Å². The molecule has 0 aliphatic rings. The summed E-state index contributed by atoms with van der Waals surface area (Å²) < 4.78 is 101. The van der Waals surface area contributed by atoms with Crippen LogP contribution in [0.5, 0.6) is 5.75 Å². The van der Waals surface area contributed by atoms with Crippen molar-refractivity contribution in [2.45, 2.75) is 48.4 Å². The summed E-state index contributed by atoms with van der Waals surface area (Å²) in [5.41, 5.74) is 0.850. The van der Waals surface area contributed by atoms with Gasteiger partial charge in [0, 0.05) is 6.54 Å². The highest BCUT2D eigenvalue weighted by atomic mass is 32.2. The van der Waals surface area contributed by atoms with Crippen molar-refractivity contribution in [3.05, 3.63) is 54.1 Å². The highest BCUT2D eigenvalue weighted by Gasteiger charge is 2.34. The lowest BCUT2D eigenvalue weighted by Crippen LogP contribution is -2.41. The molecule has 1 atom stereocenters. The van der Waals surface area contributed by atoms with Gasteiger partial charge in [0.15, 0.2) is 0 Å². The summed E-state index contributed by atoms with van der Waals surface area (Å²) in [5, 5.41) is 0. The first-order valence-corrected chi connectivity index (χ1v) is 13.2. The molecule has 0 spiro atoms. The van der Waals surface area contributed by atoms with E-state index in [1.807, 2.05) is 0 Å². The Kier molecular flexibility index (Phi) is 9.66. The number of aryl methyl sites for hydroxylation is 1. The second kappa shape index (κ2) is 11.8. The van der Waals surface area contributed by atoms with Gasteiger partial charge in [-0.1, -0.05) is 29.8 Å². The maximum Gasteiger partial charge on any atom is 0.573 e. The molecule has 0 bridgehead atoms. The van der Waals surface area contributed by atoms with Crippen LogP contribution < -0.4 is 14.2 Å². The molecule has 0 saturated carbocycles. The number of sulfonamides is 2. The van der Waals surface area contributed by atoms with Crippen molar-refractivity contribution >= 4 is 26.0 Å². The zero-order valence-corrected chi connectivity index (χ0v) is 20.5. The van der Waals surface area contributed by atoms with Gasteiger partial charge in [0.05, 0.1) is 12.0 Å². The molecular formula is C21H25F3N2O7S2. The van der Waals surface area contributed by atoms with Crippen LogP contribution in [-0.2, 0) is 29.6 Å². The van der Waals surface area contributed by atoms with Crippen LogP contribution in [0.15, 0.2) is 58.3 Å². The van der Waals surface area contributed by atoms with Crippen molar-refractivity contribution in [1.29, 1.82) is 0 Å². The van der Waals surface area contributed by atoms with Gasteiger partial charge in [-0.05, 0) is 50.5 Å². The fourth-order valence-corrected chi connectivity index (χ4v) is 5.40. The van der Waals surface area contributed by atoms with E-state index in [4.69, 9.17) is 0 Å². The number of benzene rings is 2. The lowest BCUT2D eigenvalue weighted by atomic mass is 10.1. The SMILES string of the molecule is COC(=O)C(CCCCNS(=O)(=O)c1ccccc1OC(F)(F)F)NS(=O)(=O)c1ccc(C)cc1. The lowest BCUT2D eigenvalue weighted by Gasteiger charge is -2.17. The van der Waals surface area contributed by atoms with Crippen LogP contribution >= 0.6 is 0 Å². The molecule has 14 heteroatoms. The van der Waals surface area contributed by atoms with Crippen LogP contribution in [0.3, 0.4) is 0 Å². The van der Waals surface area contributed by atoms with Crippen molar-refractivity contribution in [3.63, 3.8) is 0 Å². The fraction of sp³-hybridized carbons (Fsp3) is 0.381. The number of carbonyl (C=O) groups is 1. The van der Waals surface area contributed by atoms with E-state index in [2.05, 4.69) is 18.9 Å². The summed E-state index contributed by atoms with van der Waals surface area (Å²) in [6.45, 7) is 1.61. The number of alkyl halides is 3. The van der Waals surface area contributed by atoms with Gasteiger partial charge in [-0.25, -0.2) is 21.6 Å². The molecule has 35 heavy (non-hydrogen) atoms. The smallest absolute Gasteiger partial charge is 0.468 e. The largest absolute Gasteiger partial charge is 0.573 e. The van der Waals surface area contributed by atoms with Crippen molar-refractivity contribution in [2.75, 3.05) is 13.7 Å². The summed E-state index contributed by atoms with van der Waals surface area (Å²) in [6, 6.07) is 9.06. The van der Waals surface area contributed by atoms with Crippen molar-refractivity contribution < 1.29 is 44.3 Å². The van der Waals surface area contributed by atoms with E-state index in [1.54, 1.807) is 19.1 Å². The Hall–Kier alpha value is -2.68. The van der Waals surface area contributed by atoms with Crippen LogP contribution in [0.4, 0.5) is 13.2 Å². The van der Waals surface area contributed by atoms with Gasteiger partial charge >= 0.3 is 12.3 Å². The Morgan fingerprint density at radius 1 is 0.971 bits per heavy atom. The molecule has 0 radical (unpaired) electrons. The van der Waals surface area contributed by atoms with E-state index < -0.39 is 49.1 Å². The maximum atomic E-state index is 12.6. The number of ether oxygens (including phenoxy) is 2. The number of unbranched alkanes of at least 4 members (excludes halogenated alkanes) is 1. The van der Waals surface area contributed by atoms with Gasteiger partial charge in [-0.15, -0.1) is 13.2 Å². The van der Waals surface area contributed by atoms with Gasteiger partial charge in [0.1, 0.15) is 16.7 Å². The Morgan fingerprint density at radius 3 is 2.20 bits per heavy atom. The quantitative estimate of drug-likeness (QED) is 0.314. The average molecular weight is 539 g/mol. The molecule has 0 aliphatic carbocycles. The van der Waals surface area contributed by atoms with Gasteiger partial charge in [0.2, 0.25) is 20.0 Å². The molecule has 2 aromatic carbocycles. The molecular weight excluding hydrogens is 513 g/mol. The normalized spacial score (nSPS) is 13.3. The summed E-state index contributed by atoms with van der Waals surface area (Å²) in [7, 11) is -7.25. The standard InChI is InChI=1S/C21H25F3N2O7S2/c1-15-10-12-16(13-11-15)34(28,29)26-17(20(27)32-2)7-5-6-14-25-35(30,31)19-9-4-3-8-18(19)33-21(22,23)24/h3-4,8-13,17,25-26H,5-7,14H2,1-2H3. The molecule has 0 heterocycles. The van der Waals surface area contributed by atoms with Crippen molar-refractivity contribution in [3.8, 4) is 5.75 Å². The van der Waals surface area contributed by atoms with Crippen LogP contribution in [0.2, 0.25) is 0 Å². The number of halogens is 3. The molecule has 2 rings (SSSR count). The first-order valence-electron chi connectivity index (χ1n) is 10.3. The molecule has 0 aliphatic heterocycles. The van der Waals surface area contributed by atoms with Gasteiger partial charge in [-0.3, -0.25) is 4.79 Å². The molecule has 2 N–H and O–H groups in total. The molecule has 0 fully saturated rings. The summed E-state index contributed by atoms with van der Waals surface area (Å²) >= 11 is 0. The van der Waals surface area contributed by atoms with E-state index in [0.717, 1.165) is 24.8 Å². The third-order valence-electron chi connectivity index (χ3n) is 4.69. The molecule has 194 valence electrons. The summed E-state index contributed by atoms with van der Waals surface area (Å²) in [4.78, 5) is 11.3. The highest BCUT2D eigenvalue weighted by molar-refractivity contribution is 7.89. The molecule has 2 aromatic rings. The number of methoxy groups -OCH3 is 1. The lowest BCUT2D eigenvalue weighted by molar-refractivity contribution is -0.275. The average Bonchev–Trinajstić information content (AvgIpc) is 2.77. The zero-order valence-electron chi connectivity index (χ0n) is 18.8. The second-order valence-corrected chi connectivity index (χ2v) is 10.8. The molecule has 0 amide bonds. The Balaban J connectivity index is 1.97. The molecule has 0 aromatic heterocycles. The summed E-state index contributed by atoms with van der Waals surface area (Å²) in [6.07, 6.45) is -4.73. The second-order valence-electron chi connectivity index (χ2n) is 7.40. The van der Waals surface area contributed by atoms with Crippen LogP contribution in [0.25, 0.3) is 0 Å². The summed E-state index contributed by atoms with van der Waals surface area (Å²) in [5.74, 6) is -1.69. The molecule has 1 unspecified atom stereocenters. The molecule has 0 saturated heterocycles. The Bertz CT molecular complexity index is 1220. The third-order valence-corrected chi connectivity index (χ3v) is 7.68. The number of esters is 1. The predicted molar refractivity (Wildman–Crippen MR) is 119 cm³/mol. The zero-order chi connectivity index (χ0) is 26.3. The van der Waals surface area contributed by atoms with E-state index >= 15 is 0 Å². The minimum atomic E-state index is -5.07. The van der Waals surface area contributed by atoms with E-state index in [-0.39, 0.29) is 30.7 Å². The number of nitrogens with one attached hydrogen (secondary N) is 2. The van der Waals surface area contributed by atoms with E-state index in [1.165, 1.54) is 24.3 Å². The number of hydrogen-bond donors (Lipinski definition) is 2. The number of hydrogen-bond acceptors (Lipinski definition) is 7. The number of para-hydroxylation sites is 1. The number of carbonyl (C=O) groups excluding carboxylic acids is 1. The van der Waals surface area contributed by atoms with Gasteiger partial charge in [0.25, 0.3) is 0 Å². The van der Waals surface area contributed by atoms with Gasteiger partial charge < -0.3 is 9.47 Å². The first kappa shape index (κ1) is 28.6. The Labute approximate surface area is 201 Å². The van der Waals surface area contributed by atoms with Crippen LogP contribution in [0.1, 0.15) is 24.8 Å². The first-order chi connectivity index (χ1) is 16.2. The van der Waals surface area contributed by atoms with Crippen molar-refractivity contribution in [1.82, 2.24) is 9.44 Å². The minimum Gasteiger partial charge on any atom is -0.468 e. The minimum absolute atomic E-state index is 0.00668. The fourth-order valence-electron chi connectivity index (χ4n) is 2.98. The van der Waals surface area contributed by atoms with Crippen molar-refractivity contribution in [2.24, 2.45) is 0 Å². The van der Waals surface area contributed by atoms with E-state index in [9.17, 15) is 34.8 Å². The van der Waals surface area contributed by atoms with E-state index in [0.29, 0.717) is 0 Å². The van der Waals surface area contributed by atoms with Crippen LogP contribution in [0, 0.1) is 6.92 Å². The predicted octanol–water partition coefficient (Wildman–Crippen LogP) is 2.86. The molecule has 9 nitrogen and oxygen atoms in total. The topological polar surface area (TPSA) is 128 Å². The maximum absolute atomic E-state index is 12.6. The highest BCUT2D eigenvalue weighted by Crippen LogP contribution is 2.29. The van der Waals surface area contributed by atoms with Crippen LogP contribution in [-0.4, -0.2) is 48.9 Å². The Morgan fingerprint density at radius 2 is 1.60 bits per heavy atom. The monoisotopic (exact) mass is 538 g/mol. The third kappa shape index (κ3) is 8.80.